The van der Waals surface area contributed by atoms with E-state index in [1.807, 2.05) is 19.9 Å². The van der Waals surface area contributed by atoms with Gasteiger partial charge < -0.3 is 23.5 Å². The monoisotopic (exact) mass is 427 g/mol. The highest BCUT2D eigenvalue weighted by Gasteiger charge is 2.21. The smallest absolute Gasteiger partial charge is 0.331 e. The molecule has 1 atom stereocenters. The fourth-order valence-corrected chi connectivity index (χ4v) is 3.82. The normalized spacial score (nSPS) is 15.9. The second-order valence-corrected chi connectivity index (χ2v) is 7.48. The van der Waals surface area contributed by atoms with E-state index in [4.69, 9.17) is 18.9 Å². The zero-order valence-corrected chi connectivity index (χ0v) is 18.5. The quantitative estimate of drug-likeness (QED) is 0.345. The first kappa shape index (κ1) is 22.6. The van der Waals surface area contributed by atoms with Crippen LogP contribution in [0.3, 0.4) is 0 Å². The van der Waals surface area contributed by atoms with Crippen molar-refractivity contribution < 1.29 is 28.5 Å². The van der Waals surface area contributed by atoms with Crippen LogP contribution in [0.15, 0.2) is 30.3 Å². The van der Waals surface area contributed by atoms with Gasteiger partial charge in [-0.1, -0.05) is 12.1 Å². The molecule has 7 heteroatoms. The molecular weight excluding hydrogens is 398 g/mol. The number of benzene rings is 1. The predicted octanol–water partition coefficient (Wildman–Crippen LogP) is 3.74. The van der Waals surface area contributed by atoms with E-state index in [0.29, 0.717) is 22.6 Å². The summed E-state index contributed by atoms with van der Waals surface area (Å²) in [4.78, 5) is 24.8. The standard InChI is InChI=1S/C24H29NO6/c1-16-13-20(17(2)25(16)14-19-8-6-12-30-19)21(26)15-31-23(27)11-10-18-7-5-9-22(28-3)24(18)29-4/h5,7,9-11,13,19H,6,8,12,14-15H2,1-4H3/b11-10+/t19-/m1/s1. The maximum absolute atomic E-state index is 12.6. The van der Waals surface area contributed by atoms with Crippen LogP contribution in [0.5, 0.6) is 11.5 Å². The van der Waals surface area contributed by atoms with Gasteiger partial charge in [0.2, 0.25) is 5.78 Å². The van der Waals surface area contributed by atoms with E-state index in [2.05, 4.69) is 4.57 Å². The van der Waals surface area contributed by atoms with Crippen molar-refractivity contribution >= 4 is 17.8 Å². The Morgan fingerprint density at radius 3 is 2.71 bits per heavy atom. The second kappa shape index (κ2) is 10.3. The number of Topliss-reactive ketones (excluding diaryl/α,β-unsaturated/α-hetero) is 1. The minimum absolute atomic E-state index is 0.185. The van der Waals surface area contributed by atoms with Crippen LogP contribution in [0, 0.1) is 13.8 Å². The van der Waals surface area contributed by atoms with Crippen LogP contribution in [-0.2, 0) is 20.8 Å². The largest absolute Gasteiger partial charge is 0.493 e. The first-order valence-corrected chi connectivity index (χ1v) is 10.3. The Morgan fingerprint density at radius 1 is 1.23 bits per heavy atom. The molecule has 1 saturated heterocycles. The molecule has 166 valence electrons. The van der Waals surface area contributed by atoms with Crippen molar-refractivity contribution in [3.05, 3.63) is 52.9 Å². The number of aromatic nitrogens is 1. The number of hydrogen-bond acceptors (Lipinski definition) is 6. The minimum atomic E-state index is -0.605. The number of rotatable bonds is 9. The molecule has 0 saturated carbocycles. The fourth-order valence-electron chi connectivity index (χ4n) is 3.82. The first-order chi connectivity index (χ1) is 14.9. The Labute approximate surface area is 182 Å². The van der Waals surface area contributed by atoms with Crippen molar-refractivity contribution in [3.8, 4) is 11.5 Å². The summed E-state index contributed by atoms with van der Waals surface area (Å²) in [5.41, 5.74) is 3.10. The Bertz CT molecular complexity index is 969. The molecule has 1 aromatic heterocycles. The number of methoxy groups -OCH3 is 2. The summed E-state index contributed by atoms with van der Waals surface area (Å²) in [7, 11) is 3.07. The van der Waals surface area contributed by atoms with Crippen LogP contribution in [0.1, 0.15) is 40.2 Å². The van der Waals surface area contributed by atoms with Crippen molar-refractivity contribution in [1.29, 1.82) is 0 Å². The van der Waals surface area contributed by atoms with Gasteiger partial charge in [0.25, 0.3) is 0 Å². The van der Waals surface area contributed by atoms with Gasteiger partial charge in [0, 0.05) is 41.7 Å². The number of esters is 1. The van der Waals surface area contributed by atoms with Crippen molar-refractivity contribution in [1.82, 2.24) is 4.57 Å². The number of ketones is 1. The third-order valence-electron chi connectivity index (χ3n) is 5.46. The Kier molecular flexibility index (Phi) is 7.52. The van der Waals surface area contributed by atoms with Gasteiger partial charge in [-0.2, -0.15) is 0 Å². The second-order valence-electron chi connectivity index (χ2n) is 7.48. The molecule has 0 aliphatic carbocycles. The van der Waals surface area contributed by atoms with Gasteiger partial charge in [-0.15, -0.1) is 0 Å². The average Bonchev–Trinajstić information content (AvgIpc) is 3.39. The lowest BCUT2D eigenvalue weighted by Crippen LogP contribution is -2.18. The van der Waals surface area contributed by atoms with Gasteiger partial charge >= 0.3 is 5.97 Å². The summed E-state index contributed by atoms with van der Waals surface area (Å²) in [6.07, 6.45) is 5.13. The summed E-state index contributed by atoms with van der Waals surface area (Å²) in [5.74, 6) is 0.245. The topological polar surface area (TPSA) is 76.0 Å². The van der Waals surface area contributed by atoms with Gasteiger partial charge in [-0.3, -0.25) is 4.79 Å². The fraction of sp³-hybridized carbons (Fsp3) is 0.417. The number of hydrogen-bond donors (Lipinski definition) is 0. The van der Waals surface area contributed by atoms with Crippen LogP contribution >= 0.6 is 0 Å². The zero-order chi connectivity index (χ0) is 22.4. The van der Waals surface area contributed by atoms with E-state index in [0.717, 1.165) is 37.4 Å². The SMILES string of the molecule is COc1cccc(/C=C/C(=O)OCC(=O)c2cc(C)n(C[C@H]3CCCO3)c2C)c1OC. The first-order valence-electron chi connectivity index (χ1n) is 10.3. The molecular formula is C24H29NO6. The molecule has 1 fully saturated rings. The van der Waals surface area contributed by atoms with E-state index in [1.165, 1.54) is 13.2 Å². The van der Waals surface area contributed by atoms with Crippen molar-refractivity contribution in [2.24, 2.45) is 0 Å². The molecule has 2 aromatic rings. The van der Waals surface area contributed by atoms with Crippen LogP contribution in [0.4, 0.5) is 0 Å². The number of nitrogens with zero attached hydrogens (tertiary/aromatic N) is 1. The molecule has 1 aromatic carbocycles. The van der Waals surface area contributed by atoms with E-state index in [1.54, 1.807) is 31.4 Å². The summed E-state index contributed by atoms with van der Waals surface area (Å²) in [6, 6.07) is 7.20. The summed E-state index contributed by atoms with van der Waals surface area (Å²) in [6.45, 7) is 5.08. The lowest BCUT2D eigenvalue weighted by atomic mass is 10.1. The molecule has 1 aliphatic rings. The minimum Gasteiger partial charge on any atom is -0.493 e. The van der Waals surface area contributed by atoms with E-state index >= 15 is 0 Å². The van der Waals surface area contributed by atoms with Crippen molar-refractivity contribution in [2.75, 3.05) is 27.4 Å². The number of para-hydroxylation sites is 1. The molecule has 2 heterocycles. The number of carbonyl (C=O) groups is 2. The van der Waals surface area contributed by atoms with Gasteiger partial charge in [0.1, 0.15) is 0 Å². The van der Waals surface area contributed by atoms with Crippen LogP contribution in [0.25, 0.3) is 6.08 Å². The molecule has 0 N–H and O–H groups in total. The third-order valence-corrected chi connectivity index (χ3v) is 5.46. The van der Waals surface area contributed by atoms with Crippen molar-refractivity contribution in [3.63, 3.8) is 0 Å². The number of aryl methyl sites for hydroxylation is 1. The van der Waals surface area contributed by atoms with Crippen LogP contribution in [-0.4, -0.2) is 49.9 Å². The molecule has 0 bridgehead atoms. The molecule has 0 spiro atoms. The summed E-state index contributed by atoms with van der Waals surface area (Å²) in [5, 5.41) is 0. The maximum Gasteiger partial charge on any atom is 0.331 e. The highest BCUT2D eigenvalue weighted by atomic mass is 16.5. The lowest BCUT2D eigenvalue weighted by molar-refractivity contribution is -0.136. The van der Waals surface area contributed by atoms with Crippen molar-refractivity contribution in [2.45, 2.75) is 39.3 Å². The highest BCUT2D eigenvalue weighted by molar-refractivity contribution is 6.00. The van der Waals surface area contributed by atoms with Crippen LogP contribution < -0.4 is 9.47 Å². The molecule has 3 rings (SSSR count). The lowest BCUT2D eigenvalue weighted by Gasteiger charge is -2.14. The number of carbonyl (C=O) groups excluding carboxylic acids is 2. The molecule has 31 heavy (non-hydrogen) atoms. The van der Waals surface area contributed by atoms with Gasteiger partial charge in [-0.05, 0) is 44.9 Å². The van der Waals surface area contributed by atoms with E-state index < -0.39 is 5.97 Å². The van der Waals surface area contributed by atoms with Gasteiger partial charge in [0.05, 0.1) is 20.3 Å². The molecule has 0 unspecified atom stereocenters. The molecule has 1 aliphatic heterocycles. The number of ether oxygens (including phenoxy) is 4. The van der Waals surface area contributed by atoms with E-state index in [9.17, 15) is 9.59 Å². The summed E-state index contributed by atoms with van der Waals surface area (Å²) < 4.78 is 23.6. The molecule has 0 amide bonds. The Balaban J connectivity index is 1.61. The Hall–Kier alpha value is -3.06. The third kappa shape index (κ3) is 5.35. The van der Waals surface area contributed by atoms with Gasteiger partial charge in [-0.25, -0.2) is 4.79 Å². The predicted molar refractivity (Wildman–Crippen MR) is 117 cm³/mol. The average molecular weight is 427 g/mol. The van der Waals surface area contributed by atoms with Gasteiger partial charge in [0.15, 0.2) is 18.1 Å². The maximum atomic E-state index is 12.6. The zero-order valence-electron chi connectivity index (χ0n) is 18.5. The highest BCUT2D eigenvalue weighted by Crippen LogP contribution is 2.31. The molecule has 0 radical (unpaired) electrons. The molecule has 7 nitrogen and oxygen atoms in total. The van der Waals surface area contributed by atoms with Crippen LogP contribution in [0.2, 0.25) is 0 Å². The summed E-state index contributed by atoms with van der Waals surface area (Å²) >= 11 is 0. The van der Waals surface area contributed by atoms with E-state index in [-0.39, 0.29) is 18.5 Å². The Morgan fingerprint density at radius 2 is 2.03 bits per heavy atom.